The summed E-state index contributed by atoms with van der Waals surface area (Å²) in [6.07, 6.45) is 1.43. The van der Waals surface area contributed by atoms with E-state index >= 15 is 0 Å². The van der Waals surface area contributed by atoms with Crippen LogP contribution in [0.5, 0.6) is 0 Å². The fourth-order valence-electron chi connectivity index (χ4n) is 2.62. The lowest BCUT2D eigenvalue weighted by molar-refractivity contribution is 0.0995. The maximum Gasteiger partial charge on any atom is 0.291 e. The van der Waals surface area contributed by atoms with Gasteiger partial charge in [0.2, 0.25) is 0 Å². The van der Waals surface area contributed by atoms with Crippen molar-refractivity contribution in [3.63, 3.8) is 0 Å². The highest BCUT2D eigenvalue weighted by Crippen LogP contribution is 2.19. The van der Waals surface area contributed by atoms with Crippen molar-refractivity contribution in [1.29, 1.82) is 0 Å². The highest BCUT2D eigenvalue weighted by molar-refractivity contribution is 7.85. The zero-order chi connectivity index (χ0) is 21.7. The Morgan fingerprint density at radius 3 is 2.23 bits per heavy atom. The van der Waals surface area contributed by atoms with Crippen LogP contribution in [0.15, 0.2) is 71.3 Å². The molecule has 0 aliphatic carbocycles. The molecule has 3 rings (SSSR count). The van der Waals surface area contributed by atoms with Crippen LogP contribution in [0.1, 0.15) is 47.2 Å². The van der Waals surface area contributed by atoms with Crippen LogP contribution in [0.4, 0.5) is 11.4 Å². The number of hydrogen-bond acceptors (Lipinski definition) is 4. The molecule has 0 fully saturated rings. The van der Waals surface area contributed by atoms with E-state index in [1.54, 1.807) is 42.5 Å². The van der Waals surface area contributed by atoms with Crippen molar-refractivity contribution < 1.29 is 18.2 Å². The number of carbonyl (C=O) groups is 2. The first-order chi connectivity index (χ1) is 14.2. The van der Waals surface area contributed by atoms with E-state index in [0.29, 0.717) is 22.7 Å². The number of furan rings is 1. The Labute approximate surface area is 178 Å². The fraction of sp³-hybridized carbons (Fsp3) is 0.217. The monoisotopic (exact) mass is 424 g/mol. The maximum absolute atomic E-state index is 12.6. The average molecular weight is 425 g/mol. The third-order valence-electron chi connectivity index (χ3n) is 4.32. The summed E-state index contributed by atoms with van der Waals surface area (Å²) < 4.78 is 17.1. The minimum Gasteiger partial charge on any atom is -0.459 e. The quantitative estimate of drug-likeness (QED) is 0.593. The van der Waals surface area contributed by atoms with Crippen LogP contribution in [0.25, 0.3) is 0 Å². The van der Waals surface area contributed by atoms with Gasteiger partial charge in [-0.3, -0.25) is 13.8 Å². The van der Waals surface area contributed by atoms with Gasteiger partial charge < -0.3 is 15.1 Å². The largest absolute Gasteiger partial charge is 0.459 e. The number of nitrogens with one attached hydrogen (secondary N) is 2. The number of carbonyl (C=O) groups excluding carboxylic acids is 2. The second-order valence-electron chi connectivity index (χ2n) is 7.77. The van der Waals surface area contributed by atoms with E-state index in [1.165, 1.54) is 6.26 Å². The molecule has 2 amide bonds. The molecular formula is C23H24N2O4S. The van der Waals surface area contributed by atoms with Gasteiger partial charge in [-0.15, -0.1) is 0 Å². The first-order valence-electron chi connectivity index (χ1n) is 9.46. The van der Waals surface area contributed by atoms with E-state index in [1.807, 2.05) is 39.0 Å². The molecule has 0 spiro atoms. The Balaban J connectivity index is 1.62. The van der Waals surface area contributed by atoms with Crippen LogP contribution in [0.2, 0.25) is 0 Å². The molecule has 1 aromatic heterocycles. The Morgan fingerprint density at radius 1 is 0.900 bits per heavy atom. The molecular weight excluding hydrogens is 400 g/mol. The third kappa shape index (κ3) is 5.67. The summed E-state index contributed by atoms with van der Waals surface area (Å²) in [7, 11) is -1.02. The zero-order valence-corrected chi connectivity index (χ0v) is 17.9. The van der Waals surface area contributed by atoms with Gasteiger partial charge in [-0.1, -0.05) is 12.1 Å². The standard InChI is InChI=1S/C23H24N2O4S/c1-23(2,3)30(28)15-16-6-4-7-19(14-16)25-21(26)17-9-11-18(12-10-17)24-22(27)20-8-5-13-29-20/h4-14H,15H2,1-3H3,(H,24,27)(H,25,26). The Hall–Kier alpha value is -3.19. The minimum atomic E-state index is -1.02. The summed E-state index contributed by atoms with van der Waals surface area (Å²) in [6.45, 7) is 5.82. The van der Waals surface area contributed by atoms with Gasteiger partial charge in [0.05, 0.1) is 6.26 Å². The first kappa shape index (κ1) is 21.5. The van der Waals surface area contributed by atoms with Crippen molar-refractivity contribution in [2.75, 3.05) is 10.6 Å². The molecule has 2 N–H and O–H groups in total. The summed E-state index contributed by atoms with van der Waals surface area (Å²) in [4.78, 5) is 24.6. The molecule has 1 heterocycles. The molecule has 156 valence electrons. The van der Waals surface area contributed by atoms with Crippen LogP contribution in [0.3, 0.4) is 0 Å². The van der Waals surface area contributed by atoms with Gasteiger partial charge in [0.15, 0.2) is 5.76 Å². The number of amides is 2. The van der Waals surface area contributed by atoms with Crippen LogP contribution in [-0.2, 0) is 16.6 Å². The van der Waals surface area contributed by atoms with Crippen LogP contribution in [0, 0.1) is 0 Å². The summed E-state index contributed by atoms with van der Waals surface area (Å²) in [5, 5.41) is 5.56. The Kier molecular flexibility index (Phi) is 6.52. The van der Waals surface area contributed by atoms with Gasteiger partial charge in [-0.2, -0.15) is 0 Å². The Morgan fingerprint density at radius 2 is 1.60 bits per heavy atom. The molecule has 6 nitrogen and oxygen atoms in total. The molecule has 3 aromatic rings. The highest BCUT2D eigenvalue weighted by atomic mass is 32.2. The molecule has 30 heavy (non-hydrogen) atoms. The second-order valence-corrected chi connectivity index (χ2v) is 9.97. The fourth-order valence-corrected chi connectivity index (χ4v) is 3.53. The van der Waals surface area contributed by atoms with Gasteiger partial charge >= 0.3 is 0 Å². The SMILES string of the molecule is CC(C)(C)S(=O)Cc1cccc(NC(=O)c2ccc(NC(=O)c3ccco3)cc2)c1. The van der Waals surface area contributed by atoms with Crippen molar-refractivity contribution in [3.05, 3.63) is 83.8 Å². The molecule has 7 heteroatoms. The number of anilines is 2. The van der Waals surface area contributed by atoms with Crippen molar-refractivity contribution in [1.82, 2.24) is 0 Å². The van der Waals surface area contributed by atoms with E-state index in [4.69, 9.17) is 4.42 Å². The van der Waals surface area contributed by atoms with Crippen LogP contribution in [-0.4, -0.2) is 20.8 Å². The minimum absolute atomic E-state index is 0.212. The molecule has 0 aliphatic heterocycles. The molecule has 0 bridgehead atoms. The van der Waals surface area contributed by atoms with Crippen molar-refractivity contribution in [3.8, 4) is 0 Å². The van der Waals surface area contributed by atoms with E-state index < -0.39 is 10.8 Å². The predicted octanol–water partition coefficient (Wildman–Crippen LogP) is 4.83. The summed E-state index contributed by atoms with van der Waals surface area (Å²) in [5.74, 6) is 0.0100. The van der Waals surface area contributed by atoms with Crippen LogP contribution < -0.4 is 10.6 Å². The molecule has 1 atom stereocenters. The van der Waals surface area contributed by atoms with E-state index in [0.717, 1.165) is 5.56 Å². The van der Waals surface area contributed by atoms with Gasteiger partial charge in [-0.05, 0) is 74.9 Å². The van der Waals surface area contributed by atoms with Crippen molar-refractivity contribution in [2.45, 2.75) is 31.3 Å². The second kappa shape index (κ2) is 9.09. The molecule has 0 saturated carbocycles. The van der Waals surface area contributed by atoms with Crippen molar-refractivity contribution in [2.24, 2.45) is 0 Å². The highest BCUT2D eigenvalue weighted by Gasteiger charge is 2.19. The molecule has 2 aromatic carbocycles. The normalized spacial score (nSPS) is 12.2. The first-order valence-corrected chi connectivity index (χ1v) is 10.8. The molecule has 0 aliphatic rings. The lowest BCUT2D eigenvalue weighted by Crippen LogP contribution is -2.23. The maximum atomic E-state index is 12.6. The van der Waals surface area contributed by atoms with E-state index in [9.17, 15) is 13.8 Å². The number of hydrogen-bond donors (Lipinski definition) is 2. The third-order valence-corrected chi connectivity index (χ3v) is 6.28. The van der Waals surface area contributed by atoms with Gasteiger partial charge in [0, 0.05) is 38.2 Å². The van der Waals surface area contributed by atoms with Gasteiger partial charge in [0.25, 0.3) is 11.8 Å². The van der Waals surface area contributed by atoms with Crippen LogP contribution >= 0.6 is 0 Å². The van der Waals surface area contributed by atoms with Crippen molar-refractivity contribution >= 4 is 34.0 Å². The lowest BCUT2D eigenvalue weighted by Gasteiger charge is -2.18. The lowest BCUT2D eigenvalue weighted by atomic mass is 10.1. The summed E-state index contributed by atoms with van der Waals surface area (Å²) in [6, 6.07) is 17.1. The molecule has 0 radical (unpaired) electrons. The predicted molar refractivity (Wildman–Crippen MR) is 119 cm³/mol. The summed E-state index contributed by atoms with van der Waals surface area (Å²) in [5.41, 5.74) is 2.55. The van der Waals surface area contributed by atoms with E-state index in [2.05, 4.69) is 10.6 Å². The topological polar surface area (TPSA) is 88.4 Å². The van der Waals surface area contributed by atoms with E-state index in [-0.39, 0.29) is 22.3 Å². The molecule has 1 unspecified atom stereocenters. The number of rotatable bonds is 6. The van der Waals surface area contributed by atoms with Gasteiger partial charge in [-0.25, -0.2) is 0 Å². The molecule has 0 saturated heterocycles. The average Bonchev–Trinajstić information content (AvgIpc) is 3.23. The Bertz CT molecular complexity index is 1050. The van der Waals surface area contributed by atoms with Gasteiger partial charge in [0.1, 0.15) is 0 Å². The zero-order valence-electron chi connectivity index (χ0n) is 17.1. The number of benzene rings is 2. The smallest absolute Gasteiger partial charge is 0.291 e. The summed E-state index contributed by atoms with van der Waals surface area (Å²) >= 11 is 0.